The lowest BCUT2D eigenvalue weighted by molar-refractivity contribution is -0.118. The van der Waals surface area contributed by atoms with Crippen molar-refractivity contribution in [2.45, 2.75) is 18.9 Å². The minimum atomic E-state index is -0.882. The highest BCUT2D eigenvalue weighted by molar-refractivity contribution is 7.18. The number of rotatable bonds is 5. The third kappa shape index (κ3) is 5.31. The summed E-state index contributed by atoms with van der Waals surface area (Å²) in [5, 5.41) is 5.78. The Kier molecular flexibility index (Phi) is 6.65. The van der Waals surface area contributed by atoms with Crippen molar-refractivity contribution in [1.29, 1.82) is 0 Å². The molecule has 0 radical (unpaired) electrons. The Morgan fingerprint density at radius 2 is 1.94 bits per heavy atom. The number of nitrogens with one attached hydrogen (secondary N) is 2. The van der Waals surface area contributed by atoms with Crippen molar-refractivity contribution in [2.24, 2.45) is 0 Å². The predicted molar refractivity (Wildman–Crippen MR) is 124 cm³/mol. The van der Waals surface area contributed by atoms with Crippen LogP contribution in [-0.2, 0) is 17.6 Å². The quantitative estimate of drug-likeness (QED) is 0.612. The van der Waals surface area contributed by atoms with E-state index in [0.717, 1.165) is 31.6 Å². The van der Waals surface area contributed by atoms with Gasteiger partial charge in [-0.1, -0.05) is 23.7 Å². The molecule has 2 aromatic heterocycles. The maximum absolute atomic E-state index is 13.2. The number of hydrogen-bond acceptors (Lipinski definition) is 5. The molecule has 1 unspecified atom stereocenters. The Hall–Kier alpha value is -2.74. The average Bonchev–Trinajstić information content (AvgIpc) is 3.13. The number of hydrogen-bond donors (Lipinski definition) is 2. The van der Waals surface area contributed by atoms with Crippen LogP contribution in [0.15, 0.2) is 54.9 Å². The molecule has 2 amide bonds. The van der Waals surface area contributed by atoms with E-state index >= 15 is 0 Å². The molecule has 0 bridgehead atoms. The molecule has 1 aliphatic rings. The number of halogens is 1. The molecule has 0 aliphatic carbocycles. The van der Waals surface area contributed by atoms with Gasteiger partial charge in [0.25, 0.3) is 11.8 Å². The summed E-state index contributed by atoms with van der Waals surface area (Å²) in [6.07, 6.45) is 5.15. The summed E-state index contributed by atoms with van der Waals surface area (Å²) in [7, 11) is 2.12. The second-order valence-corrected chi connectivity index (χ2v) is 9.29. The second kappa shape index (κ2) is 9.60. The molecule has 1 aliphatic heterocycles. The maximum atomic E-state index is 13.2. The maximum Gasteiger partial charge on any atom is 0.262 e. The number of pyridine rings is 1. The fourth-order valence-electron chi connectivity index (χ4n) is 3.61. The number of aromatic nitrogens is 1. The zero-order chi connectivity index (χ0) is 21.8. The van der Waals surface area contributed by atoms with Gasteiger partial charge in [-0.25, -0.2) is 0 Å². The fourth-order valence-corrected chi connectivity index (χ4v) is 4.56. The van der Waals surface area contributed by atoms with Gasteiger partial charge >= 0.3 is 0 Å². The number of anilines is 1. The average molecular weight is 455 g/mol. The van der Waals surface area contributed by atoms with Crippen LogP contribution in [0.1, 0.15) is 32.4 Å². The summed E-state index contributed by atoms with van der Waals surface area (Å²) in [6, 6.07) is 12.0. The zero-order valence-corrected chi connectivity index (χ0v) is 18.7. The van der Waals surface area contributed by atoms with Gasteiger partial charge in [-0.3, -0.25) is 14.6 Å². The van der Waals surface area contributed by atoms with Crippen LogP contribution in [0, 0.1) is 0 Å². The summed E-state index contributed by atoms with van der Waals surface area (Å²) >= 11 is 7.12. The van der Waals surface area contributed by atoms with Crippen molar-refractivity contribution >= 4 is 40.4 Å². The van der Waals surface area contributed by atoms with E-state index in [9.17, 15) is 9.59 Å². The molecule has 6 nitrogen and oxygen atoms in total. The lowest BCUT2D eigenvalue weighted by Crippen LogP contribution is -2.36. The summed E-state index contributed by atoms with van der Waals surface area (Å²) < 4.78 is 0.517. The van der Waals surface area contributed by atoms with Crippen molar-refractivity contribution in [3.8, 4) is 0 Å². The molecule has 0 saturated carbocycles. The largest absolute Gasteiger partial charge is 0.336 e. The van der Waals surface area contributed by atoms with E-state index in [0.29, 0.717) is 14.8 Å². The molecular formula is C23H23ClN4O2S. The van der Waals surface area contributed by atoms with Crippen molar-refractivity contribution < 1.29 is 9.59 Å². The van der Waals surface area contributed by atoms with E-state index in [1.165, 1.54) is 22.5 Å². The standard InChI is InChI=1S/C23H23ClN4O2S/c1-28-11-8-15-4-5-18(13-16(15)9-12-28)26-23(30)21(17-3-2-10-25-14-17)27-22(29)19-6-7-20(24)31-19/h2-7,10,13-14,21H,8-9,11-12H2,1H3,(H,26,30)(H,27,29). The Morgan fingerprint density at radius 3 is 2.65 bits per heavy atom. The summed E-state index contributed by atoms with van der Waals surface area (Å²) in [5.74, 6) is -0.680. The Balaban J connectivity index is 1.54. The topological polar surface area (TPSA) is 74.3 Å². The number of benzene rings is 1. The number of carbonyl (C=O) groups excluding carboxylic acids is 2. The van der Waals surface area contributed by atoms with E-state index in [2.05, 4.69) is 33.6 Å². The van der Waals surface area contributed by atoms with Crippen molar-refractivity contribution in [1.82, 2.24) is 15.2 Å². The Bertz CT molecular complexity index is 1090. The van der Waals surface area contributed by atoms with Crippen LogP contribution in [0.4, 0.5) is 5.69 Å². The van der Waals surface area contributed by atoms with Crippen molar-refractivity contribution in [2.75, 3.05) is 25.5 Å². The first-order valence-corrected chi connectivity index (χ1v) is 11.3. The van der Waals surface area contributed by atoms with Crippen LogP contribution in [0.3, 0.4) is 0 Å². The van der Waals surface area contributed by atoms with Gasteiger partial charge in [0.05, 0.1) is 9.21 Å². The zero-order valence-electron chi connectivity index (χ0n) is 17.1. The molecule has 0 spiro atoms. The Labute approximate surface area is 190 Å². The van der Waals surface area contributed by atoms with Crippen molar-refractivity contribution in [3.63, 3.8) is 0 Å². The van der Waals surface area contributed by atoms with Gasteiger partial charge in [-0.15, -0.1) is 11.3 Å². The minimum Gasteiger partial charge on any atom is -0.336 e. The van der Waals surface area contributed by atoms with E-state index in [4.69, 9.17) is 11.6 Å². The van der Waals surface area contributed by atoms with Gasteiger partial charge in [-0.05, 0) is 61.3 Å². The summed E-state index contributed by atoms with van der Waals surface area (Å²) in [4.78, 5) is 32.7. The number of amides is 2. The molecule has 0 fully saturated rings. The molecule has 2 N–H and O–H groups in total. The van der Waals surface area contributed by atoms with Crippen LogP contribution >= 0.6 is 22.9 Å². The molecule has 8 heteroatoms. The van der Waals surface area contributed by atoms with Gasteiger partial charge in [0, 0.05) is 36.7 Å². The molecular weight excluding hydrogens is 432 g/mol. The summed E-state index contributed by atoms with van der Waals surface area (Å²) in [5.41, 5.74) is 3.88. The molecule has 1 atom stereocenters. The lowest BCUT2D eigenvalue weighted by Gasteiger charge is -2.19. The SMILES string of the molecule is CN1CCc2ccc(NC(=O)C(NC(=O)c3ccc(Cl)s3)c3cccnc3)cc2CC1. The van der Waals surface area contributed by atoms with E-state index in [1.807, 2.05) is 12.1 Å². The first-order valence-electron chi connectivity index (χ1n) is 10.1. The van der Waals surface area contributed by atoms with Crippen LogP contribution < -0.4 is 10.6 Å². The van der Waals surface area contributed by atoms with Crippen molar-refractivity contribution in [3.05, 3.63) is 80.8 Å². The number of likely N-dealkylation sites (N-methyl/N-ethyl adjacent to an activating group) is 1. The third-order valence-electron chi connectivity index (χ3n) is 5.35. The molecule has 3 aromatic rings. The highest BCUT2D eigenvalue weighted by Crippen LogP contribution is 2.24. The van der Waals surface area contributed by atoms with Crippen LogP contribution in [0.5, 0.6) is 0 Å². The molecule has 1 aromatic carbocycles. The van der Waals surface area contributed by atoms with E-state index in [-0.39, 0.29) is 11.8 Å². The molecule has 4 rings (SSSR count). The fraction of sp³-hybridized carbons (Fsp3) is 0.261. The molecule has 3 heterocycles. The molecule has 31 heavy (non-hydrogen) atoms. The minimum absolute atomic E-state index is 0.324. The van der Waals surface area contributed by atoms with Crippen LogP contribution in [-0.4, -0.2) is 41.8 Å². The van der Waals surface area contributed by atoms with E-state index < -0.39 is 6.04 Å². The predicted octanol–water partition coefficient (Wildman–Crippen LogP) is 3.94. The monoisotopic (exact) mass is 454 g/mol. The normalized spacial score (nSPS) is 14.9. The van der Waals surface area contributed by atoms with Gasteiger partial charge in [0.2, 0.25) is 0 Å². The number of nitrogens with zero attached hydrogens (tertiary/aromatic N) is 2. The highest BCUT2D eigenvalue weighted by atomic mass is 35.5. The summed E-state index contributed by atoms with van der Waals surface area (Å²) in [6.45, 7) is 2.02. The first-order chi connectivity index (χ1) is 15.0. The van der Waals surface area contributed by atoms with Gasteiger partial charge < -0.3 is 15.5 Å². The van der Waals surface area contributed by atoms with E-state index in [1.54, 1.807) is 36.7 Å². The first kappa shape index (κ1) is 21.5. The Morgan fingerprint density at radius 1 is 1.13 bits per heavy atom. The lowest BCUT2D eigenvalue weighted by atomic mass is 10.0. The molecule has 0 saturated heterocycles. The van der Waals surface area contributed by atoms with Gasteiger partial charge in [-0.2, -0.15) is 0 Å². The highest BCUT2D eigenvalue weighted by Gasteiger charge is 2.25. The number of thiophene rings is 1. The van der Waals surface area contributed by atoms with Crippen LogP contribution in [0.2, 0.25) is 4.34 Å². The second-order valence-electron chi connectivity index (χ2n) is 7.57. The van der Waals surface area contributed by atoms with Crippen LogP contribution in [0.25, 0.3) is 0 Å². The van der Waals surface area contributed by atoms with Gasteiger partial charge in [0.1, 0.15) is 6.04 Å². The smallest absolute Gasteiger partial charge is 0.262 e. The van der Waals surface area contributed by atoms with Gasteiger partial charge in [0.15, 0.2) is 0 Å². The molecule has 160 valence electrons. The number of fused-ring (bicyclic) bond motifs is 1. The third-order valence-corrected chi connectivity index (χ3v) is 6.58. The number of carbonyl (C=O) groups is 2.